The Morgan fingerprint density at radius 1 is 1.54 bits per heavy atom. The molecule has 1 aliphatic carbocycles. The van der Waals surface area contributed by atoms with E-state index in [1.807, 2.05) is 7.05 Å². The number of rotatable bonds is 2. The average Bonchev–Trinajstić information content (AvgIpc) is 2.01. The Balaban J connectivity index is 2.18. The first-order valence-electron chi connectivity index (χ1n) is 4.57. The molecule has 0 radical (unpaired) electrons. The quantitative estimate of drug-likeness (QED) is 0.735. The molecule has 1 fully saturated rings. The minimum Gasteiger partial charge on any atom is -0.394 e. The summed E-state index contributed by atoms with van der Waals surface area (Å²) in [7, 11) is 2.04. The van der Waals surface area contributed by atoms with Gasteiger partial charge in [-0.15, -0.1) is 0 Å². The van der Waals surface area contributed by atoms with Crippen LogP contribution in [0.5, 0.6) is 0 Å². The Hall–Kier alpha value is -1.32. The van der Waals surface area contributed by atoms with Crippen molar-refractivity contribution in [2.45, 2.75) is 25.3 Å². The van der Waals surface area contributed by atoms with E-state index in [-0.39, 0.29) is 0 Å². The second-order valence-corrected chi connectivity index (χ2v) is 3.50. The number of aromatic nitrogens is 2. The van der Waals surface area contributed by atoms with Crippen molar-refractivity contribution in [3.63, 3.8) is 0 Å². The Morgan fingerprint density at radius 2 is 2.31 bits per heavy atom. The van der Waals surface area contributed by atoms with Gasteiger partial charge < -0.3 is 10.6 Å². The van der Waals surface area contributed by atoms with Crippen LogP contribution >= 0.6 is 0 Å². The fraction of sp³-hybridized carbons (Fsp3) is 0.556. The van der Waals surface area contributed by atoms with Crippen LogP contribution < -0.4 is 10.6 Å². The highest BCUT2D eigenvalue weighted by Crippen LogP contribution is 2.29. The molecule has 0 aliphatic heterocycles. The van der Waals surface area contributed by atoms with E-state index in [1.165, 1.54) is 19.3 Å². The molecule has 1 heterocycles. The molecule has 4 nitrogen and oxygen atoms in total. The van der Waals surface area contributed by atoms with Crippen LogP contribution in [-0.4, -0.2) is 23.1 Å². The van der Waals surface area contributed by atoms with Crippen LogP contribution in [0.1, 0.15) is 19.3 Å². The van der Waals surface area contributed by atoms with Gasteiger partial charge in [0.05, 0.1) is 11.9 Å². The van der Waals surface area contributed by atoms with Crippen LogP contribution in [0.25, 0.3) is 0 Å². The molecule has 0 unspecified atom stereocenters. The molecule has 70 valence electrons. The molecule has 0 amide bonds. The number of hydrogen-bond donors (Lipinski definition) is 1. The summed E-state index contributed by atoms with van der Waals surface area (Å²) in [6.07, 6.45) is 7.01. The average molecular weight is 178 g/mol. The van der Waals surface area contributed by atoms with Crippen molar-refractivity contribution in [3.8, 4) is 0 Å². The summed E-state index contributed by atoms with van der Waals surface area (Å²) in [4.78, 5) is 10.2. The highest BCUT2D eigenvalue weighted by Gasteiger charge is 2.23. The maximum Gasteiger partial charge on any atom is 0.155 e. The second-order valence-electron chi connectivity index (χ2n) is 3.50. The van der Waals surface area contributed by atoms with Crippen molar-refractivity contribution in [1.82, 2.24) is 9.97 Å². The highest BCUT2D eigenvalue weighted by molar-refractivity contribution is 5.61. The summed E-state index contributed by atoms with van der Waals surface area (Å²) in [6.45, 7) is 0. The van der Waals surface area contributed by atoms with E-state index in [4.69, 9.17) is 5.73 Å². The standard InChI is InChI=1S/C9H14N4/c1-13(7-3-2-4-7)9-8(10)5-11-6-12-9/h5-7H,2-4,10H2,1H3. The third kappa shape index (κ3) is 1.43. The zero-order valence-corrected chi connectivity index (χ0v) is 7.77. The summed E-state index contributed by atoms with van der Waals surface area (Å²) >= 11 is 0. The lowest BCUT2D eigenvalue weighted by Crippen LogP contribution is -2.38. The normalized spacial score (nSPS) is 16.7. The molecule has 0 saturated heterocycles. The molecule has 1 aromatic rings. The highest BCUT2D eigenvalue weighted by atomic mass is 15.2. The van der Waals surface area contributed by atoms with E-state index in [0.717, 1.165) is 5.82 Å². The van der Waals surface area contributed by atoms with E-state index in [0.29, 0.717) is 11.7 Å². The monoisotopic (exact) mass is 178 g/mol. The molecule has 13 heavy (non-hydrogen) atoms. The van der Waals surface area contributed by atoms with Crippen molar-refractivity contribution in [3.05, 3.63) is 12.5 Å². The van der Waals surface area contributed by atoms with Gasteiger partial charge in [0.2, 0.25) is 0 Å². The molecule has 2 rings (SSSR count). The predicted octanol–water partition coefficient (Wildman–Crippen LogP) is 1.05. The number of nitrogen functional groups attached to an aromatic ring is 1. The summed E-state index contributed by atoms with van der Waals surface area (Å²) in [5, 5.41) is 0. The zero-order chi connectivity index (χ0) is 9.26. The largest absolute Gasteiger partial charge is 0.394 e. The van der Waals surface area contributed by atoms with Crippen LogP contribution in [-0.2, 0) is 0 Å². The lowest BCUT2D eigenvalue weighted by molar-refractivity contribution is 0.399. The Bertz CT molecular complexity index is 295. The third-order valence-electron chi connectivity index (χ3n) is 2.68. The molecule has 4 heteroatoms. The second kappa shape index (κ2) is 3.20. The smallest absolute Gasteiger partial charge is 0.155 e. The molecule has 0 spiro atoms. The van der Waals surface area contributed by atoms with Gasteiger partial charge in [-0.25, -0.2) is 9.97 Å². The van der Waals surface area contributed by atoms with Gasteiger partial charge in [0.1, 0.15) is 6.33 Å². The SMILES string of the molecule is CN(c1ncncc1N)C1CCC1. The van der Waals surface area contributed by atoms with E-state index < -0.39 is 0 Å². The van der Waals surface area contributed by atoms with Crippen molar-refractivity contribution in [1.29, 1.82) is 0 Å². The zero-order valence-electron chi connectivity index (χ0n) is 7.77. The lowest BCUT2D eigenvalue weighted by atomic mass is 9.92. The summed E-state index contributed by atoms with van der Waals surface area (Å²) in [5.74, 6) is 0.861. The Kier molecular flexibility index (Phi) is 2.04. The van der Waals surface area contributed by atoms with E-state index in [9.17, 15) is 0 Å². The summed E-state index contributed by atoms with van der Waals surface area (Å²) < 4.78 is 0. The van der Waals surface area contributed by atoms with Crippen LogP contribution in [0.15, 0.2) is 12.5 Å². The molecule has 0 bridgehead atoms. The Labute approximate surface area is 77.8 Å². The van der Waals surface area contributed by atoms with Gasteiger partial charge in [-0.1, -0.05) is 0 Å². The van der Waals surface area contributed by atoms with Crippen molar-refractivity contribution in [2.24, 2.45) is 0 Å². The van der Waals surface area contributed by atoms with Gasteiger partial charge in [-0.05, 0) is 19.3 Å². The van der Waals surface area contributed by atoms with Crippen molar-refractivity contribution < 1.29 is 0 Å². The van der Waals surface area contributed by atoms with Crippen LogP contribution in [0.4, 0.5) is 11.5 Å². The first kappa shape index (κ1) is 8.29. The van der Waals surface area contributed by atoms with Gasteiger partial charge in [0.15, 0.2) is 5.82 Å². The molecule has 0 aromatic carbocycles. The van der Waals surface area contributed by atoms with Gasteiger partial charge >= 0.3 is 0 Å². The van der Waals surface area contributed by atoms with Crippen molar-refractivity contribution in [2.75, 3.05) is 17.7 Å². The molecular formula is C9H14N4. The fourth-order valence-corrected chi connectivity index (χ4v) is 1.58. The number of anilines is 2. The van der Waals surface area contributed by atoms with Crippen LogP contribution in [0.2, 0.25) is 0 Å². The molecular weight excluding hydrogens is 164 g/mol. The maximum atomic E-state index is 5.77. The van der Waals surface area contributed by atoms with Crippen LogP contribution in [0, 0.1) is 0 Å². The lowest BCUT2D eigenvalue weighted by Gasteiger charge is -2.35. The molecule has 1 aliphatic rings. The number of hydrogen-bond acceptors (Lipinski definition) is 4. The van der Waals surface area contributed by atoms with E-state index in [2.05, 4.69) is 14.9 Å². The predicted molar refractivity (Wildman–Crippen MR) is 52.5 cm³/mol. The van der Waals surface area contributed by atoms with Crippen molar-refractivity contribution >= 4 is 11.5 Å². The Morgan fingerprint density at radius 3 is 2.85 bits per heavy atom. The summed E-state index contributed by atoms with van der Waals surface area (Å²) in [6, 6.07) is 0.622. The van der Waals surface area contributed by atoms with Gasteiger partial charge in [0, 0.05) is 13.1 Å². The molecule has 2 N–H and O–H groups in total. The minimum atomic E-state index is 0.622. The third-order valence-corrected chi connectivity index (χ3v) is 2.68. The van der Waals surface area contributed by atoms with Gasteiger partial charge in [-0.3, -0.25) is 0 Å². The van der Waals surface area contributed by atoms with Gasteiger partial charge in [0.25, 0.3) is 0 Å². The number of nitrogens with two attached hydrogens (primary N) is 1. The molecule has 0 atom stereocenters. The minimum absolute atomic E-state index is 0.622. The fourth-order valence-electron chi connectivity index (χ4n) is 1.58. The molecule has 1 saturated carbocycles. The first-order valence-corrected chi connectivity index (χ1v) is 4.57. The maximum absolute atomic E-state index is 5.77. The topological polar surface area (TPSA) is 55.0 Å². The summed E-state index contributed by atoms with van der Waals surface area (Å²) in [5.41, 5.74) is 6.44. The van der Waals surface area contributed by atoms with Crippen LogP contribution in [0.3, 0.4) is 0 Å². The van der Waals surface area contributed by atoms with E-state index >= 15 is 0 Å². The molecule has 1 aromatic heterocycles. The van der Waals surface area contributed by atoms with E-state index in [1.54, 1.807) is 12.5 Å². The first-order chi connectivity index (χ1) is 6.29. The van der Waals surface area contributed by atoms with Gasteiger partial charge in [-0.2, -0.15) is 0 Å². The number of nitrogens with zero attached hydrogens (tertiary/aromatic N) is 3.